The molecule has 6 heteroatoms. The molecule has 0 spiro atoms. The van der Waals surface area contributed by atoms with Gasteiger partial charge in [0, 0.05) is 29.9 Å². The summed E-state index contributed by atoms with van der Waals surface area (Å²) < 4.78 is 0. The molecule has 0 aliphatic heterocycles. The van der Waals surface area contributed by atoms with Gasteiger partial charge >= 0.3 is 0 Å². The highest BCUT2D eigenvalue weighted by Crippen LogP contribution is 2.33. The first-order chi connectivity index (χ1) is 12.2. The summed E-state index contributed by atoms with van der Waals surface area (Å²) in [5.41, 5.74) is 7.78. The van der Waals surface area contributed by atoms with Crippen LogP contribution in [0.15, 0.2) is 35.1 Å². The Morgan fingerprint density at radius 3 is 2.58 bits per heavy atom. The molecule has 0 bridgehead atoms. The third kappa shape index (κ3) is 3.85. The first-order valence-corrected chi connectivity index (χ1v) is 8.67. The number of rotatable bonds is 4. The Labute approximate surface area is 151 Å². The van der Waals surface area contributed by atoms with Gasteiger partial charge in [0.1, 0.15) is 5.56 Å². The minimum Gasteiger partial charge on any atom is -0.399 e. The summed E-state index contributed by atoms with van der Waals surface area (Å²) >= 11 is 0. The largest absolute Gasteiger partial charge is 0.399 e. The second-order valence-electron chi connectivity index (χ2n) is 7.59. The van der Waals surface area contributed by atoms with Crippen LogP contribution in [0, 0.1) is 5.41 Å². The third-order valence-corrected chi connectivity index (χ3v) is 4.64. The number of carbonyl (C=O) groups is 2. The lowest BCUT2D eigenvalue weighted by molar-refractivity contribution is 0.0910. The van der Waals surface area contributed by atoms with Crippen molar-refractivity contribution in [3.63, 3.8) is 0 Å². The van der Waals surface area contributed by atoms with Crippen LogP contribution in [0.2, 0.25) is 0 Å². The molecule has 136 valence electrons. The number of H-pyrrole nitrogens is 1. The van der Waals surface area contributed by atoms with Crippen molar-refractivity contribution in [2.75, 3.05) is 12.3 Å². The second-order valence-corrected chi connectivity index (χ2v) is 7.59. The van der Waals surface area contributed by atoms with Crippen molar-refractivity contribution < 1.29 is 9.59 Å². The second kappa shape index (κ2) is 6.78. The summed E-state index contributed by atoms with van der Waals surface area (Å²) in [6.07, 6.45) is 1.65. The number of hydrogen-bond acceptors (Lipinski definition) is 4. The number of fused-ring (bicyclic) bond motifs is 1. The molecule has 2 aromatic rings. The molecule has 1 aromatic heterocycles. The van der Waals surface area contributed by atoms with Crippen LogP contribution in [0.25, 0.3) is 0 Å². The van der Waals surface area contributed by atoms with Crippen LogP contribution in [0.5, 0.6) is 0 Å². The van der Waals surface area contributed by atoms with E-state index in [1.54, 1.807) is 12.1 Å². The molecule has 6 nitrogen and oxygen atoms in total. The normalized spacial score (nSPS) is 15.4. The van der Waals surface area contributed by atoms with E-state index in [9.17, 15) is 14.4 Å². The Morgan fingerprint density at radius 1 is 1.19 bits per heavy atom. The molecule has 1 amide bonds. The molecule has 26 heavy (non-hydrogen) atoms. The van der Waals surface area contributed by atoms with Gasteiger partial charge in [0.2, 0.25) is 0 Å². The summed E-state index contributed by atoms with van der Waals surface area (Å²) in [5.74, 6) is -0.509. The quantitative estimate of drug-likeness (QED) is 0.732. The molecule has 0 saturated heterocycles. The molecule has 1 aliphatic rings. The van der Waals surface area contributed by atoms with E-state index in [0.717, 1.165) is 5.56 Å². The van der Waals surface area contributed by atoms with E-state index in [4.69, 9.17) is 5.73 Å². The lowest BCUT2D eigenvalue weighted by atomic mass is 9.75. The van der Waals surface area contributed by atoms with Gasteiger partial charge < -0.3 is 16.0 Å². The molecule has 0 radical (unpaired) electrons. The number of ketones is 1. The number of hydrogen-bond donors (Lipinski definition) is 3. The van der Waals surface area contributed by atoms with Crippen molar-refractivity contribution in [1.82, 2.24) is 10.3 Å². The Kier molecular flexibility index (Phi) is 4.68. The highest BCUT2D eigenvalue weighted by Gasteiger charge is 2.32. The number of nitrogen functional groups attached to an aromatic ring is 1. The van der Waals surface area contributed by atoms with Crippen LogP contribution in [-0.4, -0.2) is 23.2 Å². The van der Waals surface area contributed by atoms with Gasteiger partial charge in [-0.15, -0.1) is 0 Å². The first-order valence-electron chi connectivity index (χ1n) is 8.67. The van der Waals surface area contributed by atoms with Crippen molar-refractivity contribution >= 4 is 17.4 Å². The predicted octanol–water partition coefficient (Wildman–Crippen LogP) is 2.08. The molecular weight excluding hydrogens is 330 g/mol. The van der Waals surface area contributed by atoms with Crippen LogP contribution in [0.1, 0.15) is 52.2 Å². The molecule has 0 unspecified atom stereocenters. The van der Waals surface area contributed by atoms with Crippen molar-refractivity contribution in [2.45, 2.75) is 33.1 Å². The van der Waals surface area contributed by atoms with Gasteiger partial charge in [0.25, 0.3) is 11.5 Å². The van der Waals surface area contributed by atoms with E-state index in [2.05, 4.69) is 10.3 Å². The minimum absolute atomic E-state index is 0.0193. The highest BCUT2D eigenvalue weighted by molar-refractivity contribution is 6.02. The maximum absolute atomic E-state index is 12.4. The van der Waals surface area contributed by atoms with Gasteiger partial charge in [-0.3, -0.25) is 14.4 Å². The van der Waals surface area contributed by atoms with E-state index in [1.165, 1.54) is 6.07 Å². The zero-order chi connectivity index (χ0) is 18.9. The number of pyridine rings is 1. The number of anilines is 1. The van der Waals surface area contributed by atoms with E-state index >= 15 is 0 Å². The standard InChI is InChI=1S/C20H23N3O3/c1-20(2)10-16-14(17(24)11-20)9-15(19(26)23-16)18(25)22-8-7-12-3-5-13(21)6-4-12/h3-6,9H,7-8,10-11,21H2,1-2H3,(H,22,25)(H,23,26). The van der Waals surface area contributed by atoms with E-state index in [-0.39, 0.29) is 16.8 Å². The zero-order valence-electron chi connectivity index (χ0n) is 15.0. The van der Waals surface area contributed by atoms with E-state index in [1.807, 2.05) is 26.0 Å². The average molecular weight is 353 g/mol. The van der Waals surface area contributed by atoms with Gasteiger partial charge in [0.05, 0.1) is 0 Å². The smallest absolute Gasteiger partial charge is 0.261 e. The van der Waals surface area contributed by atoms with Gasteiger partial charge in [-0.05, 0) is 42.0 Å². The Bertz CT molecular complexity index is 911. The molecule has 1 heterocycles. The number of carbonyl (C=O) groups excluding carboxylic acids is 2. The van der Waals surface area contributed by atoms with Gasteiger partial charge in [-0.25, -0.2) is 0 Å². The monoisotopic (exact) mass is 353 g/mol. The van der Waals surface area contributed by atoms with Crippen molar-refractivity contribution in [3.8, 4) is 0 Å². The maximum atomic E-state index is 12.4. The SMILES string of the molecule is CC1(C)CC(=O)c2cc(C(=O)NCCc3ccc(N)cc3)c(=O)[nH]c2C1. The molecule has 3 rings (SSSR count). The molecule has 0 atom stereocenters. The minimum atomic E-state index is -0.470. The predicted molar refractivity (Wildman–Crippen MR) is 100 cm³/mol. The Balaban J connectivity index is 1.72. The molecule has 0 saturated carbocycles. The van der Waals surface area contributed by atoms with Gasteiger partial charge in [0.15, 0.2) is 5.78 Å². The number of benzene rings is 1. The topological polar surface area (TPSA) is 105 Å². The molecule has 0 fully saturated rings. The third-order valence-electron chi connectivity index (χ3n) is 4.64. The van der Waals surface area contributed by atoms with Crippen LogP contribution in [-0.2, 0) is 12.8 Å². The van der Waals surface area contributed by atoms with Crippen molar-refractivity contribution in [2.24, 2.45) is 5.41 Å². The number of Topliss-reactive ketones (excluding diaryl/α,β-unsaturated/α-hetero) is 1. The molecule has 1 aromatic carbocycles. The summed E-state index contributed by atoms with van der Waals surface area (Å²) in [4.78, 5) is 39.7. The fraction of sp³-hybridized carbons (Fsp3) is 0.350. The van der Waals surface area contributed by atoms with E-state index < -0.39 is 11.5 Å². The molecular formula is C20H23N3O3. The summed E-state index contributed by atoms with van der Waals surface area (Å²) in [7, 11) is 0. The fourth-order valence-corrected chi connectivity index (χ4v) is 3.30. The molecule has 4 N–H and O–H groups in total. The highest BCUT2D eigenvalue weighted by atomic mass is 16.2. The average Bonchev–Trinajstić information content (AvgIpc) is 2.55. The Morgan fingerprint density at radius 2 is 1.88 bits per heavy atom. The van der Waals surface area contributed by atoms with Gasteiger partial charge in [-0.2, -0.15) is 0 Å². The number of amides is 1. The van der Waals surface area contributed by atoms with Gasteiger partial charge in [-0.1, -0.05) is 26.0 Å². The molecule has 1 aliphatic carbocycles. The van der Waals surface area contributed by atoms with Crippen LogP contribution < -0.4 is 16.6 Å². The van der Waals surface area contributed by atoms with Crippen molar-refractivity contribution in [1.29, 1.82) is 0 Å². The lowest BCUT2D eigenvalue weighted by Gasteiger charge is -2.29. The number of aromatic amines is 1. The maximum Gasteiger partial charge on any atom is 0.261 e. The first kappa shape index (κ1) is 17.9. The fourth-order valence-electron chi connectivity index (χ4n) is 3.30. The number of aromatic nitrogens is 1. The number of nitrogens with one attached hydrogen (secondary N) is 2. The van der Waals surface area contributed by atoms with Crippen LogP contribution in [0.3, 0.4) is 0 Å². The van der Waals surface area contributed by atoms with Crippen LogP contribution >= 0.6 is 0 Å². The van der Waals surface area contributed by atoms with E-state index in [0.29, 0.717) is 42.8 Å². The summed E-state index contributed by atoms with van der Waals surface area (Å²) in [5, 5.41) is 2.74. The summed E-state index contributed by atoms with van der Waals surface area (Å²) in [6, 6.07) is 8.84. The van der Waals surface area contributed by atoms with Crippen molar-refractivity contribution in [3.05, 3.63) is 63.1 Å². The summed E-state index contributed by atoms with van der Waals surface area (Å²) in [6.45, 7) is 4.37. The lowest BCUT2D eigenvalue weighted by Crippen LogP contribution is -2.35. The number of nitrogens with two attached hydrogens (primary N) is 1. The zero-order valence-corrected chi connectivity index (χ0v) is 15.0. The Hall–Kier alpha value is -2.89. The van der Waals surface area contributed by atoms with Crippen LogP contribution in [0.4, 0.5) is 5.69 Å².